The van der Waals surface area contributed by atoms with Crippen LogP contribution in [-0.2, 0) is 6.61 Å². The van der Waals surface area contributed by atoms with Crippen molar-refractivity contribution in [3.05, 3.63) is 122 Å². The maximum atomic E-state index is 14.0. The number of ether oxygens (including phenoxy) is 2. The maximum absolute atomic E-state index is 14.0. The van der Waals surface area contributed by atoms with Crippen LogP contribution in [0, 0.1) is 12.7 Å². The Morgan fingerprint density at radius 1 is 1.02 bits per heavy atom. The standard InChI is InChI=1S/C33H29BrFN3O3/c1-20(2)25-17-26(21(3)15-31(25)40-4)32-37-29-12-8-6-10-24(29)33(39)38(32)36-18-22-13-14-30(27(34)16-22)41-19-23-9-5-7-11-28(23)35/h5-18,20H,19H2,1-4H3. The van der Waals surface area contributed by atoms with Gasteiger partial charge in [0.2, 0.25) is 0 Å². The number of aryl methyl sites for hydroxylation is 1. The number of methoxy groups -OCH3 is 1. The fourth-order valence-corrected chi connectivity index (χ4v) is 5.09. The molecule has 0 aliphatic carbocycles. The van der Waals surface area contributed by atoms with Crippen LogP contribution in [0.2, 0.25) is 0 Å². The highest BCUT2D eigenvalue weighted by molar-refractivity contribution is 9.10. The van der Waals surface area contributed by atoms with Gasteiger partial charge in [0.05, 0.1) is 28.7 Å². The zero-order valence-corrected chi connectivity index (χ0v) is 24.8. The minimum absolute atomic E-state index is 0.0970. The molecule has 5 aromatic rings. The summed E-state index contributed by atoms with van der Waals surface area (Å²) in [6, 6.07) is 23.2. The van der Waals surface area contributed by atoms with Gasteiger partial charge in [-0.3, -0.25) is 4.79 Å². The molecule has 0 aliphatic rings. The van der Waals surface area contributed by atoms with Crippen LogP contribution in [0.5, 0.6) is 11.5 Å². The van der Waals surface area contributed by atoms with Crippen molar-refractivity contribution in [2.75, 3.05) is 7.11 Å². The Labute approximate surface area is 246 Å². The Balaban J connectivity index is 1.54. The molecule has 0 amide bonds. The van der Waals surface area contributed by atoms with Gasteiger partial charge in [-0.2, -0.15) is 9.78 Å². The highest BCUT2D eigenvalue weighted by atomic mass is 79.9. The Morgan fingerprint density at radius 3 is 2.51 bits per heavy atom. The van der Waals surface area contributed by atoms with E-state index in [-0.39, 0.29) is 23.9 Å². The van der Waals surface area contributed by atoms with Crippen LogP contribution >= 0.6 is 15.9 Å². The molecular weight excluding hydrogens is 585 g/mol. The molecule has 0 aliphatic heterocycles. The largest absolute Gasteiger partial charge is 0.496 e. The number of fused-ring (bicyclic) bond motifs is 1. The summed E-state index contributed by atoms with van der Waals surface area (Å²) in [6.07, 6.45) is 1.61. The molecule has 0 spiro atoms. The number of aromatic nitrogens is 2. The fourth-order valence-electron chi connectivity index (χ4n) is 4.58. The van der Waals surface area contributed by atoms with Crippen molar-refractivity contribution in [3.8, 4) is 22.9 Å². The van der Waals surface area contributed by atoms with E-state index in [4.69, 9.17) is 14.5 Å². The van der Waals surface area contributed by atoms with E-state index in [0.717, 1.165) is 28.0 Å². The van der Waals surface area contributed by atoms with Crippen molar-refractivity contribution in [2.24, 2.45) is 5.10 Å². The van der Waals surface area contributed by atoms with Gasteiger partial charge < -0.3 is 9.47 Å². The number of nitrogens with zero attached hydrogens (tertiary/aromatic N) is 3. The molecule has 4 aromatic carbocycles. The van der Waals surface area contributed by atoms with Gasteiger partial charge in [-0.25, -0.2) is 9.37 Å². The van der Waals surface area contributed by atoms with Gasteiger partial charge in [0.1, 0.15) is 23.9 Å². The predicted octanol–water partition coefficient (Wildman–Crippen LogP) is 7.87. The normalized spacial score (nSPS) is 11.5. The average Bonchev–Trinajstić information content (AvgIpc) is 2.96. The van der Waals surface area contributed by atoms with Crippen LogP contribution in [0.25, 0.3) is 22.3 Å². The average molecular weight is 615 g/mol. The van der Waals surface area contributed by atoms with E-state index in [1.807, 2.05) is 49.4 Å². The highest BCUT2D eigenvalue weighted by Crippen LogP contribution is 2.34. The minimum Gasteiger partial charge on any atom is -0.496 e. The van der Waals surface area contributed by atoms with Gasteiger partial charge in [0.15, 0.2) is 5.82 Å². The molecule has 0 atom stereocenters. The van der Waals surface area contributed by atoms with Crippen LogP contribution in [0.15, 0.2) is 93.2 Å². The fraction of sp³-hybridized carbons (Fsp3) is 0.182. The second-order valence-corrected chi connectivity index (χ2v) is 10.8. The first-order valence-electron chi connectivity index (χ1n) is 13.2. The summed E-state index contributed by atoms with van der Waals surface area (Å²) in [7, 11) is 1.66. The van der Waals surface area contributed by atoms with Crippen molar-refractivity contribution >= 4 is 33.0 Å². The van der Waals surface area contributed by atoms with Crippen molar-refractivity contribution in [1.29, 1.82) is 0 Å². The third-order valence-electron chi connectivity index (χ3n) is 6.81. The third-order valence-corrected chi connectivity index (χ3v) is 7.43. The van der Waals surface area contributed by atoms with Crippen molar-refractivity contribution in [2.45, 2.75) is 33.3 Å². The molecule has 0 radical (unpaired) electrons. The van der Waals surface area contributed by atoms with Gasteiger partial charge in [-0.15, -0.1) is 0 Å². The highest BCUT2D eigenvalue weighted by Gasteiger charge is 2.18. The second kappa shape index (κ2) is 12.1. The molecule has 0 fully saturated rings. The summed E-state index contributed by atoms with van der Waals surface area (Å²) < 4.78 is 27.4. The predicted molar refractivity (Wildman–Crippen MR) is 165 cm³/mol. The first-order valence-corrected chi connectivity index (χ1v) is 14.0. The zero-order valence-electron chi connectivity index (χ0n) is 23.2. The Morgan fingerprint density at radius 2 is 1.78 bits per heavy atom. The number of hydrogen-bond donors (Lipinski definition) is 0. The molecule has 0 saturated carbocycles. The van der Waals surface area contributed by atoms with Gasteiger partial charge in [0, 0.05) is 11.1 Å². The SMILES string of the molecule is COc1cc(C)c(-c2nc3ccccc3c(=O)n2N=Cc2ccc(OCc3ccccc3F)c(Br)c2)cc1C(C)C. The van der Waals surface area contributed by atoms with Crippen LogP contribution < -0.4 is 15.0 Å². The van der Waals surface area contributed by atoms with Gasteiger partial charge in [0.25, 0.3) is 5.56 Å². The smallest absolute Gasteiger partial charge is 0.282 e. The van der Waals surface area contributed by atoms with E-state index < -0.39 is 0 Å². The summed E-state index contributed by atoms with van der Waals surface area (Å²) in [4.78, 5) is 18.6. The summed E-state index contributed by atoms with van der Waals surface area (Å²) in [6.45, 7) is 6.25. The summed E-state index contributed by atoms with van der Waals surface area (Å²) in [5.74, 6) is 1.68. The third kappa shape index (κ3) is 5.93. The molecule has 1 heterocycles. The number of para-hydroxylation sites is 1. The topological polar surface area (TPSA) is 65.7 Å². The Bertz CT molecular complexity index is 1830. The molecule has 0 bridgehead atoms. The molecule has 6 nitrogen and oxygen atoms in total. The van der Waals surface area contributed by atoms with E-state index in [1.165, 1.54) is 10.7 Å². The van der Waals surface area contributed by atoms with E-state index in [2.05, 4.69) is 34.9 Å². The molecule has 208 valence electrons. The molecule has 1 aromatic heterocycles. The van der Waals surface area contributed by atoms with E-state index in [0.29, 0.717) is 32.5 Å². The molecule has 0 unspecified atom stereocenters. The lowest BCUT2D eigenvalue weighted by molar-refractivity contribution is 0.298. The molecule has 0 N–H and O–H groups in total. The quantitative estimate of drug-likeness (QED) is 0.167. The minimum atomic E-state index is -0.315. The van der Waals surface area contributed by atoms with E-state index in [9.17, 15) is 9.18 Å². The van der Waals surface area contributed by atoms with Crippen molar-refractivity contribution < 1.29 is 13.9 Å². The van der Waals surface area contributed by atoms with Crippen LogP contribution in [0.4, 0.5) is 4.39 Å². The van der Waals surface area contributed by atoms with Crippen molar-refractivity contribution in [1.82, 2.24) is 9.66 Å². The number of rotatable bonds is 8. The van der Waals surface area contributed by atoms with Gasteiger partial charge >= 0.3 is 0 Å². The lowest BCUT2D eigenvalue weighted by Gasteiger charge is -2.17. The number of benzene rings is 4. The lowest BCUT2D eigenvalue weighted by Crippen LogP contribution is -2.20. The first kappa shape index (κ1) is 28.2. The zero-order chi connectivity index (χ0) is 29.1. The molecule has 5 rings (SSSR count). The van der Waals surface area contributed by atoms with Crippen LogP contribution in [0.3, 0.4) is 0 Å². The lowest BCUT2D eigenvalue weighted by atomic mass is 9.96. The van der Waals surface area contributed by atoms with Crippen LogP contribution in [-0.4, -0.2) is 23.0 Å². The van der Waals surface area contributed by atoms with E-state index >= 15 is 0 Å². The van der Waals surface area contributed by atoms with Crippen LogP contribution in [0.1, 0.15) is 42.0 Å². The first-order chi connectivity index (χ1) is 19.8. The number of halogens is 2. The second-order valence-electron chi connectivity index (χ2n) is 9.95. The van der Waals surface area contributed by atoms with Gasteiger partial charge in [-0.05, 0) is 94.0 Å². The molecule has 0 saturated heterocycles. The summed E-state index contributed by atoms with van der Waals surface area (Å²) in [5, 5.41) is 5.08. The molecule has 8 heteroatoms. The molecular formula is C33H29BrFN3O3. The van der Waals surface area contributed by atoms with E-state index in [1.54, 1.807) is 43.7 Å². The van der Waals surface area contributed by atoms with Crippen molar-refractivity contribution in [3.63, 3.8) is 0 Å². The summed E-state index contributed by atoms with van der Waals surface area (Å²) >= 11 is 3.54. The Hall–Kier alpha value is -4.30. The van der Waals surface area contributed by atoms with Gasteiger partial charge in [-0.1, -0.05) is 44.2 Å². The monoisotopic (exact) mass is 613 g/mol. The Kier molecular flexibility index (Phi) is 8.31. The maximum Gasteiger partial charge on any atom is 0.282 e. The molecule has 41 heavy (non-hydrogen) atoms. The number of hydrogen-bond acceptors (Lipinski definition) is 5. The summed E-state index contributed by atoms with van der Waals surface area (Å²) in [5.41, 5.74) is 4.25.